The molecule has 10 nitrogen and oxygen atoms in total. The number of rotatable bonds is 7. The summed E-state index contributed by atoms with van der Waals surface area (Å²) in [7, 11) is 4.46. The lowest BCUT2D eigenvalue weighted by Gasteiger charge is -2.33. The summed E-state index contributed by atoms with van der Waals surface area (Å²) >= 11 is 0. The number of aliphatic hydroxyl groups is 1. The van der Waals surface area contributed by atoms with E-state index in [1.165, 1.54) is 32.5 Å². The van der Waals surface area contributed by atoms with E-state index in [1.54, 1.807) is 45.0 Å². The molecule has 1 aliphatic rings. The quantitative estimate of drug-likeness (QED) is 0.196. The third kappa shape index (κ3) is 5.56. The van der Waals surface area contributed by atoms with E-state index in [-0.39, 0.29) is 22.9 Å². The zero-order chi connectivity index (χ0) is 31.9. The van der Waals surface area contributed by atoms with Gasteiger partial charge in [0.15, 0.2) is 28.8 Å². The minimum atomic E-state index is -1.43. The number of methoxy groups -OCH3 is 3. The van der Waals surface area contributed by atoms with E-state index >= 15 is 0 Å². The number of ether oxygens (including phenoxy) is 5. The van der Waals surface area contributed by atoms with Gasteiger partial charge in [0.25, 0.3) is 0 Å². The van der Waals surface area contributed by atoms with Crippen molar-refractivity contribution in [2.75, 3.05) is 21.3 Å². The maximum Gasteiger partial charge on any atom is 0.419 e. The van der Waals surface area contributed by atoms with Gasteiger partial charge in [-0.15, -0.1) is 0 Å². The minimum absolute atomic E-state index is 0.00551. The van der Waals surface area contributed by atoms with Crippen molar-refractivity contribution in [3.8, 4) is 17.2 Å². The number of benzene rings is 3. The highest BCUT2D eigenvalue weighted by Crippen LogP contribution is 2.46. The van der Waals surface area contributed by atoms with Gasteiger partial charge >= 0.3 is 6.09 Å². The summed E-state index contributed by atoms with van der Waals surface area (Å²) in [4.78, 5) is 15.5. The van der Waals surface area contributed by atoms with Gasteiger partial charge in [0, 0.05) is 10.8 Å². The van der Waals surface area contributed by atoms with E-state index in [0.717, 1.165) is 10.8 Å². The summed E-state index contributed by atoms with van der Waals surface area (Å²) in [6.45, 7) is 5.31. The second-order valence-electron chi connectivity index (χ2n) is 11.3. The van der Waals surface area contributed by atoms with Crippen molar-refractivity contribution in [2.45, 2.75) is 32.5 Å². The molecule has 0 saturated carbocycles. The minimum Gasteiger partial charge on any atom is -0.493 e. The van der Waals surface area contributed by atoms with Crippen LogP contribution in [0.15, 0.2) is 93.7 Å². The van der Waals surface area contributed by atoms with Gasteiger partial charge in [0.05, 0.1) is 21.3 Å². The summed E-state index contributed by atoms with van der Waals surface area (Å²) in [6, 6.07) is 21.7. The fourth-order valence-corrected chi connectivity index (χ4v) is 5.17. The van der Waals surface area contributed by atoms with Gasteiger partial charge in [0.1, 0.15) is 40.5 Å². The molecule has 1 amide bonds. The molecule has 3 heterocycles. The molecule has 0 fully saturated rings. The van der Waals surface area contributed by atoms with Crippen LogP contribution in [0.1, 0.15) is 44.0 Å². The fourth-order valence-electron chi connectivity index (χ4n) is 5.17. The number of para-hydroxylation sites is 2. The van der Waals surface area contributed by atoms with E-state index in [1.807, 2.05) is 48.5 Å². The van der Waals surface area contributed by atoms with Gasteiger partial charge < -0.3 is 37.6 Å². The van der Waals surface area contributed by atoms with Crippen LogP contribution in [0.5, 0.6) is 17.2 Å². The topological polar surface area (TPSA) is 113 Å². The third-order valence-corrected chi connectivity index (χ3v) is 7.16. The number of carbonyl (C=O) groups is 1. The average Bonchev–Trinajstić information content (AvgIpc) is 3.66. The van der Waals surface area contributed by atoms with Crippen molar-refractivity contribution in [1.82, 2.24) is 4.90 Å². The predicted molar refractivity (Wildman–Crippen MR) is 168 cm³/mol. The monoisotopic (exact) mass is 611 g/mol. The Labute approximate surface area is 259 Å². The van der Waals surface area contributed by atoms with Crippen molar-refractivity contribution in [3.63, 3.8) is 0 Å². The largest absolute Gasteiger partial charge is 0.493 e. The molecule has 0 radical (unpaired) electrons. The molecular formula is C35H33NO9. The molecule has 232 valence electrons. The Bertz CT molecular complexity index is 1870. The fraction of sp³-hybridized carbons (Fsp3) is 0.229. The SMILES string of the molecule is COc1cc(C(O)C2=C(c3cc4ccccc4o3)N(C(=O)OC(C)(C)C)C(c3cc4ccccc4o3)=CO2)cc(OC)c1OC. The molecule has 2 aromatic heterocycles. The first-order chi connectivity index (χ1) is 21.6. The van der Waals surface area contributed by atoms with Crippen LogP contribution in [-0.4, -0.2) is 43.0 Å². The zero-order valence-electron chi connectivity index (χ0n) is 25.7. The third-order valence-electron chi connectivity index (χ3n) is 7.16. The van der Waals surface area contributed by atoms with Crippen molar-refractivity contribution in [3.05, 3.63) is 102 Å². The first-order valence-corrected chi connectivity index (χ1v) is 14.2. The number of aliphatic hydroxyl groups excluding tert-OH is 1. The lowest BCUT2D eigenvalue weighted by atomic mass is 10.0. The maximum absolute atomic E-state index is 14.2. The molecular weight excluding hydrogens is 578 g/mol. The Morgan fingerprint density at radius 2 is 1.36 bits per heavy atom. The molecule has 5 aromatic rings. The lowest BCUT2D eigenvalue weighted by Crippen LogP contribution is -2.37. The molecule has 45 heavy (non-hydrogen) atoms. The van der Waals surface area contributed by atoms with Crippen LogP contribution < -0.4 is 14.2 Å². The predicted octanol–water partition coefficient (Wildman–Crippen LogP) is 7.87. The summed E-state index contributed by atoms with van der Waals surface area (Å²) in [6.07, 6.45) is -0.812. The summed E-state index contributed by atoms with van der Waals surface area (Å²) in [5, 5.41) is 13.6. The summed E-state index contributed by atoms with van der Waals surface area (Å²) in [5.74, 6) is 1.61. The van der Waals surface area contributed by atoms with Crippen molar-refractivity contribution >= 4 is 39.4 Å². The number of hydrogen-bond donors (Lipinski definition) is 1. The first-order valence-electron chi connectivity index (χ1n) is 14.2. The van der Waals surface area contributed by atoms with Crippen LogP contribution in [0, 0.1) is 0 Å². The normalized spacial score (nSPS) is 14.3. The molecule has 0 bridgehead atoms. The van der Waals surface area contributed by atoms with Crippen molar-refractivity contribution < 1.29 is 42.4 Å². The highest BCUT2D eigenvalue weighted by molar-refractivity contribution is 5.96. The first kappa shape index (κ1) is 29.7. The van der Waals surface area contributed by atoms with Crippen LogP contribution in [0.3, 0.4) is 0 Å². The average molecular weight is 612 g/mol. The highest BCUT2D eigenvalue weighted by atomic mass is 16.6. The Kier molecular flexibility index (Phi) is 7.68. The number of furan rings is 2. The van der Waals surface area contributed by atoms with Gasteiger partial charge in [-0.3, -0.25) is 0 Å². The van der Waals surface area contributed by atoms with Crippen molar-refractivity contribution in [1.29, 1.82) is 0 Å². The Balaban J connectivity index is 1.59. The molecule has 3 aromatic carbocycles. The van der Waals surface area contributed by atoms with E-state index in [9.17, 15) is 9.90 Å². The number of carbonyl (C=O) groups excluding carboxylic acids is 1. The zero-order valence-corrected chi connectivity index (χ0v) is 25.7. The number of fused-ring (bicyclic) bond motifs is 2. The summed E-state index contributed by atoms with van der Waals surface area (Å²) in [5.41, 5.74) is 1.05. The number of hydrogen-bond acceptors (Lipinski definition) is 9. The molecule has 10 heteroatoms. The molecule has 0 aliphatic carbocycles. The van der Waals surface area contributed by atoms with Crippen LogP contribution in [-0.2, 0) is 9.47 Å². The molecule has 0 saturated heterocycles. The van der Waals surface area contributed by atoms with Gasteiger partial charge in [0.2, 0.25) is 5.75 Å². The van der Waals surface area contributed by atoms with Crippen molar-refractivity contribution in [2.24, 2.45) is 0 Å². The molecule has 1 unspecified atom stereocenters. The van der Waals surface area contributed by atoms with Gasteiger partial charge in [-0.2, -0.15) is 0 Å². The highest BCUT2D eigenvalue weighted by Gasteiger charge is 2.40. The standard InChI is InChI=1S/C35H33NO9/c1-35(2,3)45-34(38)36-23(26-15-20-11-7-9-13-24(20)43-26)19-42-33(30(36)27-16-21-12-8-10-14-25(21)44-27)31(37)22-17-28(39-4)32(41-6)29(18-22)40-5/h7-19,31,37H,1-6H3. The number of nitrogens with zero attached hydrogens (tertiary/aromatic N) is 1. The Morgan fingerprint density at radius 1 is 0.800 bits per heavy atom. The van der Waals surface area contributed by atoms with Crippen LogP contribution >= 0.6 is 0 Å². The molecule has 0 spiro atoms. The summed E-state index contributed by atoms with van der Waals surface area (Å²) < 4.78 is 41.1. The van der Waals surface area contributed by atoms with E-state index in [2.05, 4.69) is 0 Å². The van der Waals surface area contributed by atoms with Gasteiger partial charge in [-0.25, -0.2) is 9.69 Å². The van der Waals surface area contributed by atoms with Gasteiger partial charge in [-0.1, -0.05) is 36.4 Å². The Morgan fingerprint density at radius 3 is 1.89 bits per heavy atom. The van der Waals surface area contributed by atoms with E-state index < -0.39 is 17.8 Å². The maximum atomic E-state index is 14.2. The second kappa shape index (κ2) is 11.6. The smallest absolute Gasteiger partial charge is 0.419 e. The molecule has 1 atom stereocenters. The molecule has 6 rings (SSSR count). The number of amides is 1. The van der Waals surface area contributed by atoms with E-state index in [4.69, 9.17) is 32.5 Å². The van der Waals surface area contributed by atoms with Crippen LogP contribution in [0.4, 0.5) is 4.79 Å². The lowest BCUT2D eigenvalue weighted by molar-refractivity contribution is 0.0401. The van der Waals surface area contributed by atoms with Crippen LogP contribution in [0.2, 0.25) is 0 Å². The van der Waals surface area contributed by atoms with Gasteiger partial charge in [-0.05, 0) is 62.7 Å². The Hall–Kier alpha value is -5.35. The molecule has 1 aliphatic heterocycles. The molecule has 1 N–H and O–H groups in total. The van der Waals surface area contributed by atoms with Crippen LogP contribution in [0.25, 0.3) is 33.3 Å². The second-order valence-corrected chi connectivity index (χ2v) is 11.3. The van der Waals surface area contributed by atoms with E-state index in [0.29, 0.717) is 39.7 Å².